The zero-order chi connectivity index (χ0) is 15.4. The van der Waals surface area contributed by atoms with Crippen molar-refractivity contribution in [3.8, 4) is 0 Å². The van der Waals surface area contributed by atoms with Gasteiger partial charge in [-0.3, -0.25) is 4.79 Å². The number of likely N-dealkylation sites (tertiary alicyclic amines) is 1. The zero-order valence-corrected chi connectivity index (χ0v) is 13.1. The molecule has 0 bridgehead atoms. The van der Waals surface area contributed by atoms with Crippen molar-refractivity contribution >= 4 is 11.6 Å². The summed E-state index contributed by atoms with van der Waals surface area (Å²) in [6.45, 7) is 6.09. The highest BCUT2D eigenvalue weighted by Crippen LogP contribution is 2.31. The Morgan fingerprint density at radius 1 is 1.18 bits per heavy atom. The van der Waals surface area contributed by atoms with Gasteiger partial charge in [0, 0.05) is 44.6 Å². The van der Waals surface area contributed by atoms with Gasteiger partial charge >= 0.3 is 0 Å². The van der Waals surface area contributed by atoms with E-state index < -0.39 is 0 Å². The summed E-state index contributed by atoms with van der Waals surface area (Å²) >= 11 is 0. The third-order valence-corrected chi connectivity index (χ3v) is 4.42. The summed E-state index contributed by atoms with van der Waals surface area (Å²) < 4.78 is 11.4. The Hall–Kier alpha value is -1.43. The number of rotatable bonds is 4. The van der Waals surface area contributed by atoms with Crippen LogP contribution in [0.5, 0.6) is 0 Å². The van der Waals surface area contributed by atoms with Gasteiger partial charge < -0.3 is 19.7 Å². The van der Waals surface area contributed by atoms with Gasteiger partial charge in [0.15, 0.2) is 5.79 Å². The molecule has 0 aromatic heterocycles. The van der Waals surface area contributed by atoms with Crippen LogP contribution in [0.15, 0.2) is 24.3 Å². The number of carbonyl (C=O) groups is 1. The van der Waals surface area contributed by atoms with Gasteiger partial charge in [-0.1, -0.05) is 17.7 Å². The number of hydrogen-bond acceptors (Lipinski definition) is 4. The number of hydrogen-bond donors (Lipinski definition) is 1. The first-order chi connectivity index (χ1) is 10.7. The second-order valence-electron chi connectivity index (χ2n) is 6.11. The molecule has 120 valence electrons. The van der Waals surface area contributed by atoms with Crippen LogP contribution in [0.4, 0.5) is 5.69 Å². The van der Waals surface area contributed by atoms with E-state index in [9.17, 15) is 4.79 Å². The highest BCUT2D eigenvalue weighted by Gasteiger charge is 2.39. The summed E-state index contributed by atoms with van der Waals surface area (Å²) in [5.74, 6) is -0.266. The number of nitrogens with zero attached hydrogens (tertiary/aromatic N) is 1. The molecule has 2 heterocycles. The molecule has 1 N–H and O–H groups in total. The Kier molecular flexibility index (Phi) is 4.76. The molecule has 1 aromatic carbocycles. The van der Waals surface area contributed by atoms with Crippen molar-refractivity contribution in [3.63, 3.8) is 0 Å². The normalized spacial score (nSPS) is 21.1. The Bertz CT molecular complexity index is 499. The Morgan fingerprint density at radius 3 is 2.45 bits per heavy atom. The van der Waals surface area contributed by atoms with Gasteiger partial charge in [0.05, 0.1) is 13.2 Å². The standard InChI is InChI=1S/C17H24N2O3/c1-14-2-4-15(5-3-14)18-16(20)6-9-19-10-7-17(8-11-19)21-12-13-22-17/h2-5H,6-13H2,1H3,(H,18,20). The number of benzene rings is 1. The molecule has 0 unspecified atom stereocenters. The average Bonchev–Trinajstić information content (AvgIpc) is 2.97. The van der Waals surface area contributed by atoms with Crippen molar-refractivity contribution < 1.29 is 14.3 Å². The van der Waals surface area contributed by atoms with Crippen molar-refractivity contribution in [1.82, 2.24) is 4.90 Å². The molecule has 2 fully saturated rings. The minimum absolute atomic E-state index is 0.0671. The van der Waals surface area contributed by atoms with Crippen LogP contribution in [-0.2, 0) is 14.3 Å². The molecule has 0 saturated carbocycles. The molecule has 5 heteroatoms. The number of ether oxygens (including phenoxy) is 2. The maximum Gasteiger partial charge on any atom is 0.225 e. The van der Waals surface area contributed by atoms with E-state index in [4.69, 9.17) is 9.47 Å². The molecule has 2 aliphatic heterocycles. The second kappa shape index (κ2) is 6.77. The third-order valence-electron chi connectivity index (χ3n) is 4.42. The van der Waals surface area contributed by atoms with Gasteiger partial charge in [0.2, 0.25) is 5.91 Å². The molecular formula is C17H24N2O3. The van der Waals surface area contributed by atoms with Crippen molar-refractivity contribution in [2.75, 3.05) is 38.2 Å². The zero-order valence-electron chi connectivity index (χ0n) is 13.1. The van der Waals surface area contributed by atoms with Crippen LogP contribution in [0.1, 0.15) is 24.8 Å². The van der Waals surface area contributed by atoms with Crippen molar-refractivity contribution in [3.05, 3.63) is 29.8 Å². The maximum atomic E-state index is 12.0. The van der Waals surface area contributed by atoms with E-state index in [0.717, 1.165) is 38.2 Å². The Morgan fingerprint density at radius 2 is 1.82 bits per heavy atom. The van der Waals surface area contributed by atoms with Crippen LogP contribution < -0.4 is 5.32 Å². The number of amides is 1. The molecule has 1 amide bonds. The number of piperidine rings is 1. The molecule has 5 nitrogen and oxygen atoms in total. The fourth-order valence-electron chi connectivity index (χ4n) is 3.02. The van der Waals surface area contributed by atoms with Gasteiger partial charge in [-0.25, -0.2) is 0 Å². The molecule has 3 rings (SSSR count). The summed E-state index contributed by atoms with van der Waals surface area (Å²) in [4.78, 5) is 14.3. The van der Waals surface area contributed by atoms with Crippen LogP contribution in [0.2, 0.25) is 0 Å². The predicted octanol–water partition coefficient (Wildman–Crippen LogP) is 2.16. The number of carbonyl (C=O) groups excluding carboxylic acids is 1. The predicted molar refractivity (Wildman–Crippen MR) is 84.7 cm³/mol. The second-order valence-corrected chi connectivity index (χ2v) is 6.11. The Balaban J connectivity index is 1.39. The molecule has 2 aliphatic rings. The first-order valence-electron chi connectivity index (χ1n) is 8.02. The minimum atomic E-state index is -0.333. The topological polar surface area (TPSA) is 50.8 Å². The van der Waals surface area contributed by atoms with E-state index in [1.54, 1.807) is 0 Å². The number of nitrogens with one attached hydrogen (secondary N) is 1. The highest BCUT2D eigenvalue weighted by atomic mass is 16.7. The summed E-state index contributed by atoms with van der Waals surface area (Å²) in [7, 11) is 0. The third kappa shape index (κ3) is 3.85. The van der Waals surface area contributed by atoms with Crippen molar-refractivity contribution in [1.29, 1.82) is 0 Å². The lowest BCUT2D eigenvalue weighted by molar-refractivity contribution is -0.185. The average molecular weight is 304 g/mol. The first-order valence-corrected chi connectivity index (χ1v) is 8.02. The van der Waals surface area contributed by atoms with Crippen molar-refractivity contribution in [2.24, 2.45) is 0 Å². The lowest BCUT2D eigenvalue weighted by Crippen LogP contribution is -2.45. The van der Waals surface area contributed by atoms with E-state index in [-0.39, 0.29) is 11.7 Å². The fraction of sp³-hybridized carbons (Fsp3) is 0.588. The van der Waals surface area contributed by atoms with Gasteiger partial charge in [0.1, 0.15) is 0 Å². The van der Waals surface area contributed by atoms with Crippen LogP contribution in [0.3, 0.4) is 0 Å². The molecular weight excluding hydrogens is 280 g/mol. The van der Waals surface area contributed by atoms with Crippen LogP contribution in [-0.4, -0.2) is 49.4 Å². The van der Waals surface area contributed by atoms with Gasteiger partial charge in [0.25, 0.3) is 0 Å². The van der Waals surface area contributed by atoms with Gasteiger partial charge in [-0.15, -0.1) is 0 Å². The fourth-order valence-corrected chi connectivity index (χ4v) is 3.02. The van der Waals surface area contributed by atoms with Crippen LogP contribution in [0.25, 0.3) is 0 Å². The summed E-state index contributed by atoms with van der Waals surface area (Å²) in [5.41, 5.74) is 2.05. The van der Waals surface area contributed by atoms with E-state index in [1.807, 2.05) is 31.2 Å². The molecule has 22 heavy (non-hydrogen) atoms. The van der Waals surface area contributed by atoms with Crippen LogP contribution in [0, 0.1) is 6.92 Å². The van der Waals surface area contributed by atoms with Gasteiger partial charge in [-0.05, 0) is 19.1 Å². The molecule has 1 spiro atoms. The van der Waals surface area contributed by atoms with E-state index in [2.05, 4.69) is 10.2 Å². The summed E-state index contributed by atoms with van der Waals surface area (Å²) in [5, 5.41) is 2.94. The van der Waals surface area contributed by atoms with Crippen LogP contribution >= 0.6 is 0 Å². The lowest BCUT2D eigenvalue weighted by atomic mass is 10.0. The monoisotopic (exact) mass is 304 g/mol. The molecule has 1 aromatic rings. The molecule has 0 atom stereocenters. The minimum Gasteiger partial charge on any atom is -0.347 e. The molecule has 2 saturated heterocycles. The quantitative estimate of drug-likeness (QED) is 0.926. The van der Waals surface area contributed by atoms with Gasteiger partial charge in [-0.2, -0.15) is 0 Å². The summed E-state index contributed by atoms with van der Waals surface area (Å²) in [6.07, 6.45) is 2.31. The Labute approximate surface area is 131 Å². The lowest BCUT2D eigenvalue weighted by Gasteiger charge is -2.37. The van der Waals surface area contributed by atoms with E-state index >= 15 is 0 Å². The molecule has 0 radical (unpaired) electrons. The number of anilines is 1. The van der Waals surface area contributed by atoms with E-state index in [0.29, 0.717) is 19.6 Å². The van der Waals surface area contributed by atoms with Crippen molar-refractivity contribution in [2.45, 2.75) is 32.0 Å². The largest absolute Gasteiger partial charge is 0.347 e. The molecule has 0 aliphatic carbocycles. The van der Waals surface area contributed by atoms with E-state index in [1.165, 1.54) is 5.56 Å². The summed E-state index contributed by atoms with van der Waals surface area (Å²) in [6, 6.07) is 7.88. The highest BCUT2D eigenvalue weighted by molar-refractivity contribution is 5.90. The maximum absolute atomic E-state index is 12.0. The number of aryl methyl sites for hydroxylation is 1. The smallest absolute Gasteiger partial charge is 0.225 e. The first kappa shape index (κ1) is 15.5. The SMILES string of the molecule is Cc1ccc(NC(=O)CCN2CCC3(CC2)OCCO3)cc1.